The molecule has 0 fully saturated rings. The number of halogens is 3. The lowest BCUT2D eigenvalue weighted by Gasteiger charge is -2.09. The summed E-state index contributed by atoms with van der Waals surface area (Å²) in [7, 11) is 1.75. The van der Waals surface area contributed by atoms with Gasteiger partial charge in [-0.2, -0.15) is 18.3 Å². The summed E-state index contributed by atoms with van der Waals surface area (Å²) < 4.78 is 37.4. The Morgan fingerprint density at radius 2 is 1.64 bits per heavy atom. The maximum Gasteiger partial charge on any atom is 0.416 e. The van der Waals surface area contributed by atoms with Crippen LogP contribution in [0.2, 0.25) is 0 Å². The number of alkyl halides is 3. The van der Waals surface area contributed by atoms with Gasteiger partial charge in [0.2, 0.25) is 0 Å². The molecule has 116 valence electrons. The number of hydrazone groups is 1. The van der Waals surface area contributed by atoms with Crippen molar-refractivity contribution in [2.75, 3.05) is 12.5 Å². The molecule has 2 aromatic carbocycles. The maximum absolute atomic E-state index is 12.5. The third-order valence-electron chi connectivity index (χ3n) is 3.04. The summed E-state index contributed by atoms with van der Waals surface area (Å²) >= 11 is 0. The van der Waals surface area contributed by atoms with E-state index >= 15 is 0 Å². The zero-order valence-electron chi connectivity index (χ0n) is 12.0. The van der Waals surface area contributed by atoms with Gasteiger partial charge in [0.05, 0.1) is 11.3 Å². The Morgan fingerprint density at radius 3 is 2.18 bits per heavy atom. The fraction of sp³-hybridized carbons (Fsp3) is 0.188. The van der Waals surface area contributed by atoms with Crippen LogP contribution >= 0.6 is 0 Å². The van der Waals surface area contributed by atoms with Gasteiger partial charge in [0.15, 0.2) is 0 Å². The molecule has 0 radical (unpaired) electrons. The van der Waals surface area contributed by atoms with E-state index in [9.17, 15) is 13.2 Å². The molecule has 0 spiro atoms. The predicted octanol–water partition coefficient (Wildman–Crippen LogP) is 3.89. The summed E-state index contributed by atoms with van der Waals surface area (Å²) in [5.41, 5.74) is 3.65. The van der Waals surface area contributed by atoms with Crippen molar-refractivity contribution in [2.24, 2.45) is 5.10 Å². The van der Waals surface area contributed by atoms with Gasteiger partial charge >= 0.3 is 6.18 Å². The maximum atomic E-state index is 12.5. The first-order valence-electron chi connectivity index (χ1n) is 6.70. The van der Waals surface area contributed by atoms with Crippen molar-refractivity contribution >= 4 is 11.5 Å². The Morgan fingerprint density at radius 1 is 1.00 bits per heavy atom. The number of nitrogens with zero attached hydrogens (tertiary/aromatic N) is 1. The Balaban J connectivity index is 2.02. The normalized spacial score (nSPS) is 12.1. The number of likely N-dealkylation sites (N-methyl/N-ethyl adjacent to an activating group) is 1. The Hall–Kier alpha value is -2.50. The number of amidine groups is 1. The Bertz CT molecular complexity index is 619. The molecule has 2 aromatic rings. The van der Waals surface area contributed by atoms with E-state index < -0.39 is 11.7 Å². The molecule has 0 unspecified atom stereocenters. The van der Waals surface area contributed by atoms with E-state index in [2.05, 4.69) is 15.8 Å². The Labute approximate surface area is 126 Å². The van der Waals surface area contributed by atoms with Gasteiger partial charge in [-0.15, -0.1) is 0 Å². The molecular formula is C16H16F3N3. The SMILES string of the molecule is CN/C(Cc1ccccc1)=N\Nc1ccc(C(F)(F)F)cc1. The molecule has 2 N–H and O–H groups in total. The number of anilines is 1. The van der Waals surface area contributed by atoms with Gasteiger partial charge in [-0.1, -0.05) is 30.3 Å². The van der Waals surface area contributed by atoms with Crippen LogP contribution in [0.3, 0.4) is 0 Å². The topological polar surface area (TPSA) is 36.4 Å². The average Bonchev–Trinajstić information content (AvgIpc) is 2.52. The second-order valence-corrected chi connectivity index (χ2v) is 4.66. The van der Waals surface area contributed by atoms with Gasteiger partial charge in [0.1, 0.15) is 5.84 Å². The van der Waals surface area contributed by atoms with Crippen LogP contribution in [0.5, 0.6) is 0 Å². The molecule has 6 heteroatoms. The fourth-order valence-electron chi connectivity index (χ4n) is 1.84. The van der Waals surface area contributed by atoms with Crippen molar-refractivity contribution in [1.29, 1.82) is 0 Å². The quantitative estimate of drug-likeness (QED) is 0.511. The zero-order valence-corrected chi connectivity index (χ0v) is 12.0. The van der Waals surface area contributed by atoms with Crippen molar-refractivity contribution in [3.8, 4) is 0 Å². The lowest BCUT2D eigenvalue weighted by Crippen LogP contribution is -2.22. The number of hydrogen-bond acceptors (Lipinski definition) is 2. The number of hydrogen-bond donors (Lipinski definition) is 2. The summed E-state index contributed by atoms with van der Waals surface area (Å²) in [6, 6.07) is 14.5. The average molecular weight is 307 g/mol. The Kier molecular flexibility index (Phi) is 5.04. The van der Waals surface area contributed by atoms with E-state index in [0.29, 0.717) is 17.9 Å². The summed E-state index contributed by atoms with van der Waals surface area (Å²) in [6.45, 7) is 0. The van der Waals surface area contributed by atoms with Crippen LogP contribution in [-0.2, 0) is 12.6 Å². The van der Waals surface area contributed by atoms with Crippen LogP contribution in [0.15, 0.2) is 59.7 Å². The second-order valence-electron chi connectivity index (χ2n) is 4.66. The van der Waals surface area contributed by atoms with Gasteiger partial charge < -0.3 is 5.32 Å². The van der Waals surface area contributed by atoms with Gasteiger partial charge in [-0.3, -0.25) is 5.43 Å². The van der Waals surface area contributed by atoms with E-state index in [1.807, 2.05) is 30.3 Å². The summed E-state index contributed by atoms with van der Waals surface area (Å²) in [4.78, 5) is 0. The van der Waals surface area contributed by atoms with Gasteiger partial charge in [0.25, 0.3) is 0 Å². The molecule has 0 saturated heterocycles. The molecule has 0 heterocycles. The molecule has 0 aliphatic heterocycles. The highest BCUT2D eigenvalue weighted by Gasteiger charge is 2.29. The largest absolute Gasteiger partial charge is 0.416 e. The smallest absolute Gasteiger partial charge is 0.375 e. The highest BCUT2D eigenvalue weighted by atomic mass is 19.4. The van der Waals surface area contributed by atoms with Crippen LogP contribution in [0.1, 0.15) is 11.1 Å². The van der Waals surface area contributed by atoms with Crippen LogP contribution in [-0.4, -0.2) is 12.9 Å². The van der Waals surface area contributed by atoms with Crippen molar-refractivity contribution < 1.29 is 13.2 Å². The molecule has 0 aliphatic rings. The highest BCUT2D eigenvalue weighted by molar-refractivity contribution is 5.84. The van der Waals surface area contributed by atoms with E-state index in [0.717, 1.165) is 17.7 Å². The minimum Gasteiger partial charge on any atom is -0.375 e. The molecule has 0 aromatic heterocycles. The molecule has 3 nitrogen and oxygen atoms in total. The minimum absolute atomic E-state index is 0.494. The lowest BCUT2D eigenvalue weighted by atomic mass is 10.1. The molecular weight excluding hydrogens is 291 g/mol. The van der Waals surface area contributed by atoms with Gasteiger partial charge in [0, 0.05) is 13.5 Å². The van der Waals surface area contributed by atoms with Crippen molar-refractivity contribution in [1.82, 2.24) is 5.32 Å². The first-order valence-corrected chi connectivity index (χ1v) is 6.70. The van der Waals surface area contributed by atoms with Crippen LogP contribution in [0, 0.1) is 0 Å². The van der Waals surface area contributed by atoms with Crippen molar-refractivity contribution in [3.05, 3.63) is 65.7 Å². The number of benzene rings is 2. The highest BCUT2D eigenvalue weighted by Crippen LogP contribution is 2.29. The van der Waals surface area contributed by atoms with Crippen molar-refractivity contribution in [2.45, 2.75) is 12.6 Å². The predicted molar refractivity (Wildman–Crippen MR) is 81.7 cm³/mol. The zero-order chi connectivity index (χ0) is 16.0. The third-order valence-corrected chi connectivity index (χ3v) is 3.04. The van der Waals surface area contributed by atoms with Gasteiger partial charge in [-0.05, 0) is 29.8 Å². The second kappa shape index (κ2) is 6.98. The minimum atomic E-state index is -4.33. The summed E-state index contributed by atoms with van der Waals surface area (Å²) in [6.07, 6.45) is -3.73. The van der Waals surface area contributed by atoms with Crippen LogP contribution < -0.4 is 10.7 Å². The van der Waals surface area contributed by atoms with Crippen LogP contribution in [0.4, 0.5) is 18.9 Å². The molecule has 22 heavy (non-hydrogen) atoms. The fourth-order valence-corrected chi connectivity index (χ4v) is 1.84. The molecule has 0 bridgehead atoms. The number of rotatable bonds is 4. The standard InChI is InChI=1S/C16H16F3N3/c1-20-15(11-12-5-3-2-4-6-12)22-21-14-9-7-13(8-10-14)16(17,18)19/h2-10,21H,11H2,1H3,(H,20,22). The van der Waals surface area contributed by atoms with E-state index in [-0.39, 0.29) is 0 Å². The molecule has 0 atom stereocenters. The first kappa shape index (κ1) is 15.9. The molecule has 0 saturated carbocycles. The lowest BCUT2D eigenvalue weighted by molar-refractivity contribution is -0.137. The molecule has 0 amide bonds. The summed E-state index contributed by atoms with van der Waals surface area (Å²) in [5.74, 6) is 0.686. The summed E-state index contributed by atoms with van der Waals surface area (Å²) in [5, 5.41) is 7.14. The van der Waals surface area contributed by atoms with E-state index in [1.54, 1.807) is 7.05 Å². The van der Waals surface area contributed by atoms with Crippen LogP contribution in [0.25, 0.3) is 0 Å². The van der Waals surface area contributed by atoms with Gasteiger partial charge in [-0.25, -0.2) is 0 Å². The van der Waals surface area contributed by atoms with Crippen molar-refractivity contribution in [3.63, 3.8) is 0 Å². The first-order chi connectivity index (χ1) is 10.5. The molecule has 2 rings (SSSR count). The monoisotopic (exact) mass is 307 g/mol. The van der Waals surface area contributed by atoms with E-state index in [1.165, 1.54) is 12.1 Å². The number of nitrogens with one attached hydrogen (secondary N) is 2. The molecule has 0 aliphatic carbocycles. The van der Waals surface area contributed by atoms with E-state index in [4.69, 9.17) is 0 Å². The third kappa shape index (κ3) is 4.51.